The molecular formula is C16H29N3. The number of rotatable bonds is 7. The molecule has 0 aliphatic heterocycles. The summed E-state index contributed by atoms with van der Waals surface area (Å²) in [7, 11) is 0. The maximum Gasteiger partial charge on any atom is 0.0499 e. The maximum absolute atomic E-state index is 4.69. The van der Waals surface area contributed by atoms with Crippen molar-refractivity contribution in [3.8, 4) is 0 Å². The van der Waals surface area contributed by atoms with Crippen LogP contribution in [-0.4, -0.2) is 30.6 Å². The molecule has 0 aromatic heterocycles. The number of hydrogen-bond acceptors (Lipinski definition) is 3. The zero-order chi connectivity index (χ0) is 14.3. The van der Waals surface area contributed by atoms with Gasteiger partial charge >= 0.3 is 0 Å². The molecule has 0 bridgehead atoms. The van der Waals surface area contributed by atoms with Gasteiger partial charge in [-0.1, -0.05) is 20.4 Å². The Morgan fingerprint density at radius 3 is 2.68 bits per heavy atom. The van der Waals surface area contributed by atoms with Crippen molar-refractivity contribution in [1.29, 1.82) is 0 Å². The smallest absolute Gasteiger partial charge is 0.0499 e. The first-order valence-electron chi connectivity index (χ1n) is 7.36. The van der Waals surface area contributed by atoms with E-state index in [9.17, 15) is 0 Å². The van der Waals surface area contributed by atoms with Crippen LogP contribution >= 0.6 is 0 Å². The topological polar surface area (TPSA) is 36.8 Å². The third-order valence-electron chi connectivity index (χ3n) is 3.86. The Morgan fingerprint density at radius 1 is 1.37 bits per heavy atom. The Kier molecular flexibility index (Phi) is 6.43. The van der Waals surface area contributed by atoms with Crippen molar-refractivity contribution in [2.45, 2.75) is 58.5 Å². The van der Waals surface area contributed by atoms with Gasteiger partial charge in [0.2, 0.25) is 0 Å². The summed E-state index contributed by atoms with van der Waals surface area (Å²) in [6.07, 6.45) is 9.30. The lowest BCUT2D eigenvalue weighted by Crippen LogP contribution is -2.41. The highest BCUT2D eigenvalue weighted by Crippen LogP contribution is 2.32. The highest BCUT2D eigenvalue weighted by molar-refractivity contribution is 5.70. The summed E-state index contributed by atoms with van der Waals surface area (Å²) >= 11 is 0. The summed E-state index contributed by atoms with van der Waals surface area (Å²) in [5, 5.41) is 3.41. The third-order valence-corrected chi connectivity index (χ3v) is 3.86. The van der Waals surface area contributed by atoms with Gasteiger partial charge in [-0.2, -0.15) is 0 Å². The maximum atomic E-state index is 4.69. The fraction of sp³-hybridized carbons (Fsp3) is 0.750. The minimum atomic E-state index is -0.115. The van der Waals surface area contributed by atoms with E-state index in [1.807, 2.05) is 12.4 Å². The molecule has 0 aromatic rings. The van der Waals surface area contributed by atoms with E-state index in [0.29, 0.717) is 6.04 Å². The van der Waals surface area contributed by atoms with E-state index in [4.69, 9.17) is 0 Å². The van der Waals surface area contributed by atoms with Crippen molar-refractivity contribution in [3.05, 3.63) is 12.8 Å². The second kappa shape index (κ2) is 7.59. The van der Waals surface area contributed by atoms with Gasteiger partial charge in [-0.25, -0.2) is 0 Å². The van der Waals surface area contributed by atoms with E-state index in [0.717, 1.165) is 18.4 Å². The van der Waals surface area contributed by atoms with Crippen LogP contribution in [0.5, 0.6) is 0 Å². The minimum Gasteiger partial charge on any atom is -0.302 e. The lowest BCUT2D eigenvalue weighted by molar-refractivity contribution is 0.392. The fourth-order valence-corrected chi connectivity index (χ4v) is 2.53. The quantitative estimate of drug-likeness (QED) is 0.702. The summed E-state index contributed by atoms with van der Waals surface area (Å²) in [5.41, 5.74) is -0.115. The summed E-state index contributed by atoms with van der Waals surface area (Å²) in [6.45, 7) is 13.2. The van der Waals surface area contributed by atoms with Gasteiger partial charge in [0.15, 0.2) is 0 Å². The molecule has 0 aromatic carbocycles. The summed E-state index contributed by atoms with van der Waals surface area (Å²) in [5.74, 6) is 1.67. The van der Waals surface area contributed by atoms with E-state index in [-0.39, 0.29) is 5.54 Å². The van der Waals surface area contributed by atoms with Crippen LogP contribution in [0.4, 0.5) is 0 Å². The molecule has 1 aliphatic rings. The molecule has 0 saturated heterocycles. The molecule has 1 saturated carbocycles. The van der Waals surface area contributed by atoms with Gasteiger partial charge in [-0.05, 0) is 44.9 Å². The molecule has 0 radical (unpaired) electrons. The summed E-state index contributed by atoms with van der Waals surface area (Å²) in [4.78, 5) is 8.75. The van der Waals surface area contributed by atoms with Gasteiger partial charge in [0.1, 0.15) is 0 Å². The van der Waals surface area contributed by atoms with Crippen LogP contribution in [0.2, 0.25) is 0 Å². The van der Waals surface area contributed by atoms with Crippen molar-refractivity contribution >= 4 is 12.4 Å². The Bertz CT molecular complexity index is 329. The van der Waals surface area contributed by atoms with Crippen molar-refractivity contribution in [2.24, 2.45) is 21.8 Å². The average Bonchev–Trinajstić information content (AvgIpc) is 2.81. The fourth-order valence-electron chi connectivity index (χ4n) is 2.53. The molecule has 1 aliphatic carbocycles. The predicted molar refractivity (Wildman–Crippen MR) is 85.2 cm³/mol. The molecule has 3 nitrogen and oxygen atoms in total. The zero-order valence-corrected chi connectivity index (χ0v) is 12.9. The van der Waals surface area contributed by atoms with Gasteiger partial charge in [0, 0.05) is 36.8 Å². The number of nitrogens with zero attached hydrogens (tertiary/aromatic N) is 2. The summed E-state index contributed by atoms with van der Waals surface area (Å²) < 4.78 is 0. The van der Waals surface area contributed by atoms with Crippen LogP contribution in [0.3, 0.4) is 0 Å². The number of nitrogens with one attached hydrogen (secondary N) is 1. The normalized spacial score (nSPS) is 24.9. The Labute approximate surface area is 118 Å². The van der Waals surface area contributed by atoms with Crippen LogP contribution in [-0.2, 0) is 0 Å². The standard InChI is InChI=1S/C16H29N3/c1-6-17-12-16(4,5)19-10-9-18-15-8-7-14(11-15)13(2)3/h6,9,12-15,19H,1,7-8,10-11H2,2-5H3/t14-,15+/m1/s1. The Hall–Kier alpha value is -0.960. The highest BCUT2D eigenvalue weighted by Gasteiger charge is 2.25. The number of hydrogen-bond donors (Lipinski definition) is 1. The first-order valence-corrected chi connectivity index (χ1v) is 7.36. The highest BCUT2D eigenvalue weighted by atomic mass is 15.0. The summed E-state index contributed by atoms with van der Waals surface area (Å²) in [6, 6.07) is 0.541. The molecule has 0 unspecified atom stereocenters. The first kappa shape index (κ1) is 16.1. The van der Waals surface area contributed by atoms with Crippen LogP contribution in [0, 0.1) is 11.8 Å². The van der Waals surface area contributed by atoms with E-state index in [2.05, 4.69) is 49.6 Å². The van der Waals surface area contributed by atoms with Crippen molar-refractivity contribution in [3.63, 3.8) is 0 Å². The van der Waals surface area contributed by atoms with Gasteiger partial charge in [0.25, 0.3) is 0 Å². The molecule has 0 heterocycles. The lowest BCUT2D eigenvalue weighted by atomic mass is 9.94. The van der Waals surface area contributed by atoms with Crippen molar-refractivity contribution < 1.29 is 0 Å². The van der Waals surface area contributed by atoms with Crippen LogP contribution < -0.4 is 5.32 Å². The molecule has 1 rings (SSSR count). The Balaban J connectivity index is 2.28. The number of aliphatic imine (C=N–C) groups is 2. The second-order valence-electron chi connectivity index (χ2n) is 6.37. The monoisotopic (exact) mass is 263 g/mol. The molecule has 108 valence electrons. The molecule has 1 fully saturated rings. The van der Waals surface area contributed by atoms with Crippen LogP contribution in [0.1, 0.15) is 47.0 Å². The van der Waals surface area contributed by atoms with Crippen molar-refractivity contribution in [2.75, 3.05) is 6.54 Å². The van der Waals surface area contributed by atoms with Gasteiger partial charge in [-0.15, -0.1) is 0 Å². The molecule has 3 heteroatoms. The Morgan fingerprint density at radius 2 is 2.11 bits per heavy atom. The van der Waals surface area contributed by atoms with Crippen LogP contribution in [0.15, 0.2) is 22.8 Å². The van der Waals surface area contributed by atoms with E-state index < -0.39 is 0 Å². The molecule has 1 N–H and O–H groups in total. The predicted octanol–water partition coefficient (Wildman–Crippen LogP) is 3.46. The third kappa shape index (κ3) is 6.15. The minimum absolute atomic E-state index is 0.115. The lowest BCUT2D eigenvalue weighted by Gasteiger charge is -2.19. The van der Waals surface area contributed by atoms with Gasteiger partial charge in [-0.3, -0.25) is 9.98 Å². The van der Waals surface area contributed by atoms with E-state index in [1.54, 1.807) is 6.20 Å². The first-order chi connectivity index (χ1) is 8.94. The SMILES string of the molecule is C=CN=CC(C)(C)NCC=N[C@H]1CC[C@@H](C(C)C)C1. The molecular weight excluding hydrogens is 234 g/mol. The van der Waals surface area contributed by atoms with E-state index >= 15 is 0 Å². The van der Waals surface area contributed by atoms with Crippen LogP contribution in [0.25, 0.3) is 0 Å². The van der Waals surface area contributed by atoms with E-state index in [1.165, 1.54) is 19.3 Å². The van der Waals surface area contributed by atoms with Crippen molar-refractivity contribution in [1.82, 2.24) is 5.32 Å². The molecule has 0 spiro atoms. The van der Waals surface area contributed by atoms with Gasteiger partial charge < -0.3 is 5.32 Å². The zero-order valence-electron chi connectivity index (χ0n) is 12.9. The van der Waals surface area contributed by atoms with Gasteiger partial charge in [0.05, 0.1) is 0 Å². The molecule has 2 atom stereocenters. The molecule has 0 amide bonds. The average molecular weight is 263 g/mol. The molecule has 19 heavy (non-hydrogen) atoms. The second-order valence-corrected chi connectivity index (χ2v) is 6.37. The largest absolute Gasteiger partial charge is 0.302 e.